The van der Waals surface area contributed by atoms with Crippen molar-refractivity contribution in [3.63, 3.8) is 0 Å². The van der Waals surface area contributed by atoms with E-state index >= 15 is 0 Å². The number of nitrogens with zero attached hydrogens (tertiary/aromatic N) is 4. The first-order valence-electron chi connectivity index (χ1n) is 10.2. The summed E-state index contributed by atoms with van der Waals surface area (Å²) in [5.74, 6) is 0.598. The van der Waals surface area contributed by atoms with E-state index in [1.165, 1.54) is 0 Å². The predicted molar refractivity (Wildman–Crippen MR) is 131 cm³/mol. The maximum atomic E-state index is 12.3. The van der Waals surface area contributed by atoms with Gasteiger partial charge in [0, 0.05) is 17.0 Å². The summed E-state index contributed by atoms with van der Waals surface area (Å²) in [5, 5.41) is 26.6. The Morgan fingerprint density at radius 1 is 1.00 bits per heavy atom. The van der Waals surface area contributed by atoms with Crippen LogP contribution < -0.4 is 9.88 Å². The van der Waals surface area contributed by atoms with Gasteiger partial charge in [-0.05, 0) is 35.9 Å². The van der Waals surface area contributed by atoms with Gasteiger partial charge in [0.2, 0.25) is 0 Å². The minimum atomic E-state index is -0.323. The van der Waals surface area contributed by atoms with Crippen LogP contribution in [0.4, 0.5) is 16.5 Å². The Balaban J connectivity index is 1.57. The lowest BCUT2D eigenvalue weighted by molar-refractivity contribution is 0.461. The molecule has 4 aromatic rings. The van der Waals surface area contributed by atoms with E-state index in [1.807, 2.05) is 42.5 Å². The number of nitrogens with one attached hydrogen (secondary N) is 1. The van der Waals surface area contributed by atoms with Crippen molar-refractivity contribution in [1.29, 1.82) is 0 Å². The van der Waals surface area contributed by atoms with Crippen LogP contribution in [0.25, 0.3) is 0 Å². The van der Waals surface area contributed by atoms with Gasteiger partial charge in [-0.3, -0.25) is 9.78 Å². The number of phenols is 1. The van der Waals surface area contributed by atoms with Gasteiger partial charge in [0.15, 0.2) is 10.8 Å². The Morgan fingerprint density at radius 2 is 1.73 bits per heavy atom. The second-order valence-electron chi connectivity index (χ2n) is 7.38. The van der Waals surface area contributed by atoms with Crippen molar-refractivity contribution in [3.8, 4) is 5.75 Å². The summed E-state index contributed by atoms with van der Waals surface area (Å²) < 4.78 is 0. The molecule has 1 aromatic heterocycles. The fourth-order valence-corrected chi connectivity index (χ4v) is 4.45. The first-order chi connectivity index (χ1) is 16.1. The van der Waals surface area contributed by atoms with E-state index in [0.717, 1.165) is 22.6 Å². The fourth-order valence-electron chi connectivity index (χ4n) is 3.68. The topological polar surface area (TPSA) is 93.4 Å². The largest absolute Gasteiger partial charge is 0.508 e. The molecule has 1 aliphatic rings. The molecule has 0 saturated heterocycles. The molecule has 1 aliphatic heterocycles. The SMILES string of the molecule is O=c1[nH]c(N2N=C(c3ccccc3)C[C@H]2c2ccccc2O)c(N=Nc2ccc(Cl)cc2)s1. The molecule has 1 atom stereocenters. The zero-order valence-corrected chi connectivity index (χ0v) is 18.8. The quantitative estimate of drug-likeness (QED) is 0.320. The first kappa shape index (κ1) is 21.1. The molecule has 2 heterocycles. The normalized spacial score (nSPS) is 15.8. The highest BCUT2D eigenvalue weighted by atomic mass is 35.5. The van der Waals surface area contributed by atoms with Gasteiger partial charge < -0.3 is 5.11 Å². The molecule has 33 heavy (non-hydrogen) atoms. The minimum Gasteiger partial charge on any atom is -0.508 e. The van der Waals surface area contributed by atoms with E-state index in [4.69, 9.17) is 16.7 Å². The van der Waals surface area contributed by atoms with Crippen molar-refractivity contribution in [3.05, 3.63) is 105 Å². The van der Waals surface area contributed by atoms with Crippen LogP contribution in [0.2, 0.25) is 5.02 Å². The molecule has 0 fully saturated rings. The molecular weight excluding hydrogens is 458 g/mol. The average Bonchev–Trinajstić information content (AvgIpc) is 3.43. The summed E-state index contributed by atoms with van der Waals surface area (Å²) >= 11 is 6.89. The summed E-state index contributed by atoms with van der Waals surface area (Å²) in [6.45, 7) is 0. The smallest absolute Gasteiger partial charge is 0.308 e. The lowest BCUT2D eigenvalue weighted by Crippen LogP contribution is -2.19. The fraction of sp³-hybridized carbons (Fsp3) is 0.0833. The van der Waals surface area contributed by atoms with Crippen LogP contribution in [-0.4, -0.2) is 15.8 Å². The van der Waals surface area contributed by atoms with Gasteiger partial charge in [0.1, 0.15) is 5.75 Å². The van der Waals surface area contributed by atoms with Crippen LogP contribution in [0.5, 0.6) is 5.75 Å². The van der Waals surface area contributed by atoms with Crippen LogP contribution >= 0.6 is 22.9 Å². The summed E-state index contributed by atoms with van der Waals surface area (Å²) in [5.41, 5.74) is 3.14. The zero-order valence-electron chi connectivity index (χ0n) is 17.2. The number of hydrazone groups is 1. The maximum absolute atomic E-state index is 12.3. The van der Waals surface area contributed by atoms with Crippen molar-refractivity contribution in [1.82, 2.24) is 4.98 Å². The maximum Gasteiger partial charge on any atom is 0.308 e. The molecule has 164 valence electrons. The Labute approximate surface area is 198 Å². The highest BCUT2D eigenvalue weighted by Gasteiger charge is 2.34. The number of thiazole rings is 1. The van der Waals surface area contributed by atoms with Gasteiger partial charge in [-0.25, -0.2) is 5.01 Å². The number of aromatic nitrogens is 1. The molecule has 0 aliphatic carbocycles. The lowest BCUT2D eigenvalue weighted by Gasteiger charge is -2.23. The Kier molecular flexibility index (Phi) is 5.77. The second kappa shape index (κ2) is 9.01. The van der Waals surface area contributed by atoms with Crippen molar-refractivity contribution < 1.29 is 5.11 Å². The number of halogens is 1. The standard InChI is InChI=1S/C24H18ClN5O2S/c25-16-10-12-17(13-11-16)27-28-23-22(26-24(32)33-23)30-20(18-8-4-5-9-21(18)31)14-19(29-30)15-6-2-1-3-7-15/h1-13,20,31H,14H2,(H,26,32)/t20-/m0/s1. The van der Waals surface area contributed by atoms with Crippen molar-refractivity contribution in [2.45, 2.75) is 12.5 Å². The first-order valence-corrected chi connectivity index (χ1v) is 11.4. The molecule has 9 heteroatoms. The third-order valence-corrected chi connectivity index (χ3v) is 6.25. The van der Waals surface area contributed by atoms with E-state index in [0.29, 0.717) is 33.5 Å². The van der Waals surface area contributed by atoms with E-state index in [-0.39, 0.29) is 16.7 Å². The van der Waals surface area contributed by atoms with Crippen LogP contribution in [0.3, 0.4) is 0 Å². The van der Waals surface area contributed by atoms with E-state index in [9.17, 15) is 9.90 Å². The van der Waals surface area contributed by atoms with Gasteiger partial charge in [0.25, 0.3) is 0 Å². The Morgan fingerprint density at radius 3 is 2.48 bits per heavy atom. The molecule has 5 rings (SSSR count). The highest BCUT2D eigenvalue weighted by molar-refractivity contribution is 7.13. The molecular formula is C24H18ClN5O2S. The molecule has 3 aromatic carbocycles. The molecule has 0 unspecified atom stereocenters. The number of aromatic hydroxyl groups is 1. The minimum absolute atomic E-state index is 0.166. The molecule has 2 N–H and O–H groups in total. The number of rotatable bonds is 5. The molecule has 0 bridgehead atoms. The van der Waals surface area contributed by atoms with E-state index < -0.39 is 0 Å². The zero-order chi connectivity index (χ0) is 22.8. The third-order valence-electron chi connectivity index (χ3n) is 5.24. The summed E-state index contributed by atoms with van der Waals surface area (Å²) in [6.07, 6.45) is 0.549. The molecule has 0 radical (unpaired) electrons. The number of aromatic amines is 1. The number of phenolic OH excluding ortho intramolecular Hbond substituents is 1. The Bertz CT molecular complexity index is 1400. The van der Waals surface area contributed by atoms with Gasteiger partial charge in [0.05, 0.1) is 17.4 Å². The highest BCUT2D eigenvalue weighted by Crippen LogP contribution is 2.43. The van der Waals surface area contributed by atoms with E-state index in [1.54, 1.807) is 41.4 Å². The summed E-state index contributed by atoms with van der Waals surface area (Å²) in [4.78, 5) is 14.9. The molecule has 0 amide bonds. The van der Waals surface area contributed by atoms with Gasteiger partial charge >= 0.3 is 4.87 Å². The molecule has 0 spiro atoms. The number of para-hydroxylation sites is 1. The summed E-state index contributed by atoms with van der Waals surface area (Å²) in [7, 11) is 0. The summed E-state index contributed by atoms with van der Waals surface area (Å²) in [6, 6.07) is 23.6. The average molecular weight is 476 g/mol. The van der Waals surface area contributed by atoms with Gasteiger partial charge in [-0.15, -0.1) is 10.2 Å². The number of benzene rings is 3. The number of hydrogen-bond acceptors (Lipinski definition) is 7. The molecule has 0 saturated carbocycles. The van der Waals surface area contributed by atoms with E-state index in [2.05, 4.69) is 15.2 Å². The number of hydrogen-bond donors (Lipinski definition) is 2. The number of azo groups is 1. The van der Waals surface area contributed by atoms with Crippen molar-refractivity contribution in [2.24, 2.45) is 15.3 Å². The Hall–Kier alpha value is -3.75. The van der Waals surface area contributed by atoms with Crippen molar-refractivity contribution in [2.75, 3.05) is 5.01 Å². The van der Waals surface area contributed by atoms with Crippen molar-refractivity contribution >= 4 is 45.2 Å². The van der Waals surface area contributed by atoms with Crippen LogP contribution in [0.15, 0.2) is 99.0 Å². The number of H-pyrrole nitrogens is 1. The lowest BCUT2D eigenvalue weighted by atomic mass is 9.98. The monoisotopic (exact) mass is 475 g/mol. The van der Waals surface area contributed by atoms with Crippen LogP contribution in [-0.2, 0) is 0 Å². The third kappa shape index (κ3) is 4.44. The van der Waals surface area contributed by atoms with Crippen LogP contribution in [0.1, 0.15) is 23.6 Å². The second-order valence-corrected chi connectivity index (χ2v) is 8.78. The predicted octanol–water partition coefficient (Wildman–Crippen LogP) is 6.57. The molecule has 7 nitrogen and oxygen atoms in total. The van der Waals surface area contributed by atoms with Crippen LogP contribution in [0, 0.1) is 0 Å². The van der Waals surface area contributed by atoms with Gasteiger partial charge in [-0.2, -0.15) is 5.10 Å². The van der Waals surface area contributed by atoms with Gasteiger partial charge in [-0.1, -0.05) is 71.5 Å². The number of anilines is 1.